The second-order valence-electron chi connectivity index (χ2n) is 4.42. The fraction of sp³-hybridized carbons (Fsp3) is 0.133. The van der Waals surface area contributed by atoms with Gasteiger partial charge in [-0.3, -0.25) is 4.79 Å². The Bertz CT molecular complexity index is 685. The van der Waals surface area contributed by atoms with E-state index in [-0.39, 0.29) is 17.0 Å². The minimum atomic E-state index is -0.471. The SMILES string of the molecule is Nc1cc(F)ccc1C(=O)c1ccc2c(c1)OCCO2. The van der Waals surface area contributed by atoms with Gasteiger partial charge < -0.3 is 15.2 Å². The number of rotatable bonds is 2. The first-order valence-corrected chi connectivity index (χ1v) is 6.14. The lowest BCUT2D eigenvalue weighted by Gasteiger charge is -2.18. The van der Waals surface area contributed by atoms with Crippen molar-refractivity contribution in [2.24, 2.45) is 0 Å². The van der Waals surface area contributed by atoms with Crippen molar-refractivity contribution >= 4 is 11.5 Å². The van der Waals surface area contributed by atoms with Gasteiger partial charge in [-0.25, -0.2) is 4.39 Å². The highest BCUT2D eigenvalue weighted by Gasteiger charge is 2.17. The van der Waals surface area contributed by atoms with Crippen molar-refractivity contribution in [1.29, 1.82) is 0 Å². The molecule has 0 unspecified atom stereocenters. The summed E-state index contributed by atoms with van der Waals surface area (Å²) < 4.78 is 23.8. The molecular weight excluding hydrogens is 261 g/mol. The minimum absolute atomic E-state index is 0.116. The summed E-state index contributed by atoms with van der Waals surface area (Å²) in [6.07, 6.45) is 0. The number of halogens is 1. The molecule has 2 aromatic carbocycles. The molecule has 1 aliphatic rings. The van der Waals surface area contributed by atoms with Gasteiger partial charge in [0.25, 0.3) is 0 Å². The highest BCUT2D eigenvalue weighted by molar-refractivity contribution is 6.12. The summed E-state index contributed by atoms with van der Waals surface area (Å²) in [4.78, 5) is 12.4. The van der Waals surface area contributed by atoms with E-state index in [2.05, 4.69) is 0 Å². The van der Waals surface area contributed by atoms with Crippen LogP contribution in [-0.2, 0) is 0 Å². The number of carbonyl (C=O) groups excluding carboxylic acids is 1. The maximum atomic E-state index is 13.0. The van der Waals surface area contributed by atoms with E-state index in [0.717, 1.165) is 6.07 Å². The summed E-state index contributed by atoms with van der Waals surface area (Å²) in [6.45, 7) is 0.939. The maximum absolute atomic E-state index is 13.0. The molecular formula is C15H12FNO3. The Kier molecular flexibility index (Phi) is 3.02. The van der Waals surface area contributed by atoms with Crippen molar-refractivity contribution < 1.29 is 18.7 Å². The summed E-state index contributed by atoms with van der Waals surface area (Å²) in [5.41, 5.74) is 6.49. The Hall–Kier alpha value is -2.56. The number of hydrogen-bond donors (Lipinski definition) is 1. The first kappa shape index (κ1) is 12.5. The number of nitrogen functional groups attached to an aromatic ring is 1. The molecule has 3 rings (SSSR count). The Morgan fingerprint density at radius 2 is 1.80 bits per heavy atom. The van der Waals surface area contributed by atoms with Crippen LogP contribution in [0.1, 0.15) is 15.9 Å². The number of ether oxygens (including phenoxy) is 2. The van der Waals surface area contributed by atoms with Crippen LogP contribution in [0.2, 0.25) is 0 Å². The van der Waals surface area contributed by atoms with E-state index in [4.69, 9.17) is 15.2 Å². The molecule has 0 amide bonds. The van der Waals surface area contributed by atoms with Gasteiger partial charge in [-0.15, -0.1) is 0 Å². The molecule has 0 saturated carbocycles. The second-order valence-corrected chi connectivity index (χ2v) is 4.42. The van der Waals surface area contributed by atoms with Crippen LogP contribution in [0.15, 0.2) is 36.4 Å². The molecule has 0 bridgehead atoms. The van der Waals surface area contributed by atoms with Gasteiger partial charge >= 0.3 is 0 Å². The molecule has 0 radical (unpaired) electrons. The molecule has 0 atom stereocenters. The van der Waals surface area contributed by atoms with Gasteiger partial charge in [0.15, 0.2) is 17.3 Å². The van der Waals surface area contributed by atoms with E-state index < -0.39 is 5.82 Å². The zero-order chi connectivity index (χ0) is 14.1. The summed E-state index contributed by atoms with van der Waals surface area (Å²) in [6, 6.07) is 8.65. The van der Waals surface area contributed by atoms with Crippen molar-refractivity contribution in [2.75, 3.05) is 18.9 Å². The predicted octanol–water partition coefficient (Wildman–Crippen LogP) is 2.41. The van der Waals surface area contributed by atoms with Crippen LogP contribution in [-0.4, -0.2) is 19.0 Å². The lowest BCUT2D eigenvalue weighted by atomic mass is 10.0. The molecule has 2 aromatic rings. The van der Waals surface area contributed by atoms with Crippen LogP contribution in [0.25, 0.3) is 0 Å². The third-order valence-corrected chi connectivity index (χ3v) is 3.06. The third kappa shape index (κ3) is 2.18. The molecule has 5 heteroatoms. The average Bonchev–Trinajstić information content (AvgIpc) is 2.46. The third-order valence-electron chi connectivity index (χ3n) is 3.06. The molecule has 0 aliphatic carbocycles. The number of benzene rings is 2. The molecule has 0 spiro atoms. The van der Waals surface area contributed by atoms with Gasteiger partial charge in [-0.1, -0.05) is 0 Å². The number of hydrogen-bond acceptors (Lipinski definition) is 4. The number of nitrogens with two attached hydrogens (primary N) is 1. The van der Waals surface area contributed by atoms with Crippen LogP contribution in [0.5, 0.6) is 11.5 Å². The van der Waals surface area contributed by atoms with Crippen molar-refractivity contribution in [3.63, 3.8) is 0 Å². The number of carbonyl (C=O) groups is 1. The molecule has 0 saturated heterocycles. The molecule has 1 aliphatic heterocycles. The summed E-state index contributed by atoms with van der Waals surface area (Å²) in [5.74, 6) is 0.392. The summed E-state index contributed by atoms with van der Waals surface area (Å²) >= 11 is 0. The molecule has 2 N–H and O–H groups in total. The Morgan fingerprint density at radius 1 is 1.05 bits per heavy atom. The molecule has 20 heavy (non-hydrogen) atoms. The Labute approximate surface area is 114 Å². The van der Waals surface area contributed by atoms with E-state index >= 15 is 0 Å². The largest absolute Gasteiger partial charge is 0.486 e. The van der Waals surface area contributed by atoms with Gasteiger partial charge in [0.1, 0.15) is 19.0 Å². The van der Waals surface area contributed by atoms with Crippen LogP contribution in [0, 0.1) is 5.82 Å². The monoisotopic (exact) mass is 273 g/mol. The van der Waals surface area contributed by atoms with Crippen molar-refractivity contribution in [3.8, 4) is 11.5 Å². The predicted molar refractivity (Wildman–Crippen MR) is 71.7 cm³/mol. The second kappa shape index (κ2) is 4.85. The topological polar surface area (TPSA) is 61.6 Å². The first-order chi connectivity index (χ1) is 9.65. The van der Waals surface area contributed by atoms with Gasteiger partial charge in [0.05, 0.1) is 0 Å². The van der Waals surface area contributed by atoms with Crippen LogP contribution in [0.3, 0.4) is 0 Å². The van der Waals surface area contributed by atoms with Crippen molar-refractivity contribution in [2.45, 2.75) is 0 Å². The minimum Gasteiger partial charge on any atom is -0.486 e. The Morgan fingerprint density at radius 3 is 2.55 bits per heavy atom. The van der Waals surface area contributed by atoms with E-state index in [1.165, 1.54) is 12.1 Å². The van der Waals surface area contributed by atoms with E-state index in [1.807, 2.05) is 0 Å². The number of anilines is 1. The molecule has 0 fully saturated rings. The number of ketones is 1. The van der Waals surface area contributed by atoms with Gasteiger partial charge in [-0.2, -0.15) is 0 Å². The molecule has 0 aromatic heterocycles. The van der Waals surface area contributed by atoms with E-state index in [1.54, 1.807) is 18.2 Å². The standard InChI is InChI=1S/C15H12FNO3/c16-10-2-3-11(12(17)8-10)15(18)9-1-4-13-14(7-9)20-6-5-19-13/h1-4,7-8H,5-6,17H2. The Balaban J connectivity index is 1.98. The lowest BCUT2D eigenvalue weighted by Crippen LogP contribution is -2.16. The first-order valence-electron chi connectivity index (χ1n) is 6.14. The van der Waals surface area contributed by atoms with Gasteiger partial charge in [0, 0.05) is 16.8 Å². The van der Waals surface area contributed by atoms with Crippen molar-refractivity contribution in [1.82, 2.24) is 0 Å². The van der Waals surface area contributed by atoms with E-state index in [9.17, 15) is 9.18 Å². The van der Waals surface area contributed by atoms with Crippen LogP contribution < -0.4 is 15.2 Å². The van der Waals surface area contributed by atoms with Gasteiger partial charge in [-0.05, 0) is 36.4 Å². The van der Waals surface area contributed by atoms with Crippen LogP contribution >= 0.6 is 0 Å². The smallest absolute Gasteiger partial charge is 0.195 e. The maximum Gasteiger partial charge on any atom is 0.195 e. The summed E-state index contributed by atoms with van der Waals surface area (Å²) in [7, 11) is 0. The fourth-order valence-electron chi connectivity index (χ4n) is 2.08. The number of fused-ring (bicyclic) bond motifs is 1. The lowest BCUT2D eigenvalue weighted by molar-refractivity contribution is 0.103. The molecule has 4 nitrogen and oxygen atoms in total. The van der Waals surface area contributed by atoms with E-state index in [0.29, 0.717) is 30.3 Å². The molecule has 102 valence electrons. The van der Waals surface area contributed by atoms with Gasteiger partial charge in [0.2, 0.25) is 0 Å². The summed E-state index contributed by atoms with van der Waals surface area (Å²) in [5, 5.41) is 0. The highest BCUT2D eigenvalue weighted by atomic mass is 19.1. The zero-order valence-corrected chi connectivity index (χ0v) is 10.6. The quantitative estimate of drug-likeness (QED) is 0.674. The molecule has 1 heterocycles. The normalized spacial score (nSPS) is 13.1. The fourth-order valence-corrected chi connectivity index (χ4v) is 2.08. The van der Waals surface area contributed by atoms with Crippen molar-refractivity contribution in [3.05, 3.63) is 53.3 Å². The highest BCUT2D eigenvalue weighted by Crippen LogP contribution is 2.31. The zero-order valence-electron chi connectivity index (χ0n) is 10.6. The average molecular weight is 273 g/mol. The van der Waals surface area contributed by atoms with Crippen LogP contribution in [0.4, 0.5) is 10.1 Å².